The third kappa shape index (κ3) is 2.24. The average molecular weight is 285 g/mol. The van der Waals surface area contributed by atoms with E-state index in [1.165, 1.54) is 5.56 Å². The van der Waals surface area contributed by atoms with E-state index in [0.717, 1.165) is 40.9 Å². The maximum Gasteiger partial charge on any atom is 0.176 e. The summed E-state index contributed by atoms with van der Waals surface area (Å²) in [6.07, 6.45) is 5.68. The molecule has 0 atom stereocenters. The van der Waals surface area contributed by atoms with E-state index in [4.69, 9.17) is 4.52 Å². The lowest BCUT2D eigenvalue weighted by molar-refractivity contribution is 0.457. The molecule has 0 unspecified atom stereocenters. The van der Waals surface area contributed by atoms with Crippen LogP contribution in [0.3, 0.4) is 0 Å². The molecule has 4 heteroatoms. The summed E-state index contributed by atoms with van der Waals surface area (Å²) < 4.78 is 5.47. The molecule has 3 rings (SSSR count). The summed E-state index contributed by atoms with van der Waals surface area (Å²) in [5.74, 6) is 1.01. The maximum atomic E-state index is 5.47. The standard InChI is InChI=1S/C17H21N3O.H2/c1-5-11-7-8-12(15-13(11)9-19-21-15)14-10-18-16(20-14)17(3,4)6-2;/h7-10H,5-6H2,1-4H3,(H,18,20);1H. The highest BCUT2D eigenvalue weighted by Gasteiger charge is 2.22. The quantitative estimate of drug-likeness (QED) is 0.755. The highest BCUT2D eigenvalue weighted by atomic mass is 16.5. The molecule has 2 aromatic heterocycles. The first-order chi connectivity index (χ1) is 10.1. The van der Waals surface area contributed by atoms with Gasteiger partial charge < -0.3 is 9.51 Å². The summed E-state index contributed by atoms with van der Waals surface area (Å²) in [7, 11) is 0. The van der Waals surface area contributed by atoms with Crippen molar-refractivity contribution >= 4 is 11.0 Å². The number of aromatic amines is 1. The third-order valence-electron chi connectivity index (χ3n) is 4.38. The summed E-state index contributed by atoms with van der Waals surface area (Å²) in [6, 6.07) is 4.23. The van der Waals surface area contributed by atoms with E-state index >= 15 is 0 Å². The molecule has 21 heavy (non-hydrogen) atoms. The molecule has 112 valence electrons. The molecule has 0 spiro atoms. The Morgan fingerprint density at radius 1 is 1.24 bits per heavy atom. The summed E-state index contributed by atoms with van der Waals surface area (Å²) in [5, 5.41) is 5.04. The Balaban J connectivity index is 0.00000176. The highest BCUT2D eigenvalue weighted by molar-refractivity contribution is 5.92. The number of hydrogen-bond donors (Lipinski definition) is 1. The second-order valence-electron chi connectivity index (χ2n) is 6.08. The molecule has 1 aromatic carbocycles. The predicted octanol–water partition coefficient (Wildman–Crippen LogP) is 4.71. The largest absolute Gasteiger partial charge is 0.356 e. The van der Waals surface area contributed by atoms with Crippen molar-refractivity contribution in [3.05, 3.63) is 35.9 Å². The molecule has 0 aliphatic heterocycles. The summed E-state index contributed by atoms with van der Waals surface area (Å²) >= 11 is 0. The Bertz CT molecular complexity index is 773. The molecule has 2 heterocycles. The van der Waals surface area contributed by atoms with E-state index in [1.54, 1.807) is 6.20 Å². The van der Waals surface area contributed by atoms with Gasteiger partial charge in [0, 0.05) is 17.8 Å². The number of nitrogens with one attached hydrogen (secondary N) is 1. The van der Waals surface area contributed by atoms with Crippen molar-refractivity contribution in [1.29, 1.82) is 0 Å². The number of nitrogens with zero attached hydrogens (tertiary/aromatic N) is 2. The van der Waals surface area contributed by atoms with Gasteiger partial charge in [0.1, 0.15) is 5.82 Å². The first kappa shape index (κ1) is 13.9. The van der Waals surface area contributed by atoms with Gasteiger partial charge in [0.25, 0.3) is 0 Å². The molecule has 0 aliphatic carbocycles. The average Bonchev–Trinajstić information content (AvgIpc) is 3.15. The topological polar surface area (TPSA) is 54.7 Å². The van der Waals surface area contributed by atoms with Gasteiger partial charge in [0.2, 0.25) is 0 Å². The first-order valence-corrected chi connectivity index (χ1v) is 7.49. The minimum absolute atomic E-state index is 0. The highest BCUT2D eigenvalue weighted by Crippen LogP contribution is 2.32. The van der Waals surface area contributed by atoms with Crippen LogP contribution in [-0.2, 0) is 11.8 Å². The zero-order chi connectivity index (χ0) is 15.0. The minimum Gasteiger partial charge on any atom is -0.356 e. The van der Waals surface area contributed by atoms with Crippen LogP contribution in [0.5, 0.6) is 0 Å². The van der Waals surface area contributed by atoms with E-state index < -0.39 is 0 Å². The fraction of sp³-hybridized carbons (Fsp3) is 0.412. The van der Waals surface area contributed by atoms with Crippen molar-refractivity contribution in [2.75, 3.05) is 0 Å². The van der Waals surface area contributed by atoms with Gasteiger partial charge >= 0.3 is 0 Å². The monoisotopic (exact) mass is 285 g/mol. The van der Waals surface area contributed by atoms with Crippen LogP contribution in [0.4, 0.5) is 0 Å². The molecule has 0 saturated carbocycles. The maximum absolute atomic E-state index is 5.47. The zero-order valence-corrected chi connectivity index (χ0v) is 13.0. The van der Waals surface area contributed by atoms with Crippen LogP contribution in [-0.4, -0.2) is 15.1 Å². The first-order valence-electron chi connectivity index (χ1n) is 7.49. The SMILES string of the molecule is CCc1ccc(-c2cnc(C(C)(C)CC)[nH]2)c2oncc12.[HH]. The van der Waals surface area contributed by atoms with Crippen LogP contribution in [0.2, 0.25) is 0 Å². The number of benzene rings is 1. The van der Waals surface area contributed by atoms with Crippen molar-refractivity contribution < 1.29 is 5.95 Å². The lowest BCUT2D eigenvalue weighted by atomic mass is 9.89. The summed E-state index contributed by atoms with van der Waals surface area (Å²) in [4.78, 5) is 7.99. The molecular formula is C17H23N3O. The number of hydrogen-bond acceptors (Lipinski definition) is 3. The van der Waals surface area contributed by atoms with Crippen LogP contribution in [0.15, 0.2) is 29.0 Å². The Morgan fingerprint density at radius 3 is 2.76 bits per heavy atom. The van der Waals surface area contributed by atoms with E-state index in [9.17, 15) is 0 Å². The van der Waals surface area contributed by atoms with Gasteiger partial charge in [0.15, 0.2) is 5.58 Å². The molecule has 1 N–H and O–H groups in total. The summed E-state index contributed by atoms with van der Waals surface area (Å²) in [6.45, 7) is 8.70. The van der Waals surface area contributed by atoms with E-state index in [2.05, 4.69) is 55.0 Å². The zero-order valence-electron chi connectivity index (χ0n) is 13.0. The number of rotatable bonds is 4. The van der Waals surface area contributed by atoms with Crippen LogP contribution in [0.25, 0.3) is 22.2 Å². The Hall–Kier alpha value is -2.10. The smallest absolute Gasteiger partial charge is 0.176 e. The molecule has 0 bridgehead atoms. The Morgan fingerprint density at radius 2 is 2.05 bits per heavy atom. The van der Waals surface area contributed by atoms with Crippen molar-refractivity contribution in [2.24, 2.45) is 0 Å². The number of fused-ring (bicyclic) bond motifs is 1. The lowest BCUT2D eigenvalue weighted by Crippen LogP contribution is -2.17. The fourth-order valence-electron chi connectivity index (χ4n) is 2.50. The molecule has 0 fully saturated rings. The van der Waals surface area contributed by atoms with Gasteiger partial charge in [-0.05, 0) is 24.5 Å². The van der Waals surface area contributed by atoms with Gasteiger partial charge in [-0.25, -0.2) is 4.98 Å². The molecule has 0 amide bonds. The minimum atomic E-state index is 0. The van der Waals surface area contributed by atoms with Crippen molar-refractivity contribution in [3.8, 4) is 11.3 Å². The third-order valence-corrected chi connectivity index (χ3v) is 4.38. The second-order valence-corrected chi connectivity index (χ2v) is 6.08. The normalized spacial score (nSPS) is 12.2. The Kier molecular flexibility index (Phi) is 3.32. The van der Waals surface area contributed by atoms with Crippen LogP contribution >= 0.6 is 0 Å². The molecule has 3 aromatic rings. The fourth-order valence-corrected chi connectivity index (χ4v) is 2.50. The van der Waals surface area contributed by atoms with Gasteiger partial charge in [-0.3, -0.25) is 0 Å². The predicted molar refractivity (Wildman–Crippen MR) is 86.4 cm³/mol. The Labute approximate surface area is 126 Å². The van der Waals surface area contributed by atoms with E-state index in [1.807, 2.05) is 6.20 Å². The van der Waals surface area contributed by atoms with Crippen LogP contribution in [0.1, 0.15) is 46.9 Å². The van der Waals surface area contributed by atoms with E-state index in [0.29, 0.717) is 0 Å². The summed E-state index contributed by atoms with van der Waals surface area (Å²) in [5.41, 5.74) is 4.13. The lowest BCUT2D eigenvalue weighted by Gasteiger charge is -2.19. The molecular weight excluding hydrogens is 262 g/mol. The molecule has 4 nitrogen and oxygen atoms in total. The van der Waals surface area contributed by atoms with E-state index in [-0.39, 0.29) is 6.84 Å². The number of aromatic nitrogens is 3. The molecule has 0 aliphatic rings. The number of H-pyrrole nitrogens is 1. The van der Waals surface area contributed by atoms with Crippen molar-refractivity contribution in [3.63, 3.8) is 0 Å². The second kappa shape index (κ2) is 5.02. The molecule has 0 radical (unpaired) electrons. The van der Waals surface area contributed by atoms with Crippen LogP contribution < -0.4 is 0 Å². The van der Waals surface area contributed by atoms with Gasteiger partial charge in [-0.2, -0.15) is 0 Å². The van der Waals surface area contributed by atoms with Crippen molar-refractivity contribution in [2.45, 2.75) is 46.0 Å². The molecule has 0 saturated heterocycles. The van der Waals surface area contributed by atoms with Gasteiger partial charge in [-0.1, -0.05) is 38.9 Å². The van der Waals surface area contributed by atoms with Crippen LogP contribution in [0, 0.1) is 0 Å². The number of imidazole rings is 1. The number of aryl methyl sites for hydroxylation is 1. The van der Waals surface area contributed by atoms with Gasteiger partial charge in [-0.15, -0.1) is 0 Å². The van der Waals surface area contributed by atoms with Gasteiger partial charge in [0.05, 0.1) is 18.1 Å². The van der Waals surface area contributed by atoms with Crippen molar-refractivity contribution in [1.82, 2.24) is 15.1 Å².